The molecule has 1 saturated heterocycles. The summed E-state index contributed by atoms with van der Waals surface area (Å²) >= 11 is 0. The Bertz CT molecular complexity index is 720. The van der Waals surface area contributed by atoms with Crippen molar-refractivity contribution >= 4 is 5.91 Å². The minimum atomic E-state index is -0.190. The van der Waals surface area contributed by atoms with Crippen LogP contribution in [0.1, 0.15) is 46.7 Å². The lowest BCUT2D eigenvalue weighted by Gasteiger charge is -2.39. The quantitative estimate of drug-likeness (QED) is 0.925. The SMILES string of the molecule is Cc1nc(C)c(C(=O)NC[C@@H]2CCCN(C)[C@H]2c2ccnn2C)o1. The topological polar surface area (TPSA) is 76.2 Å². The van der Waals surface area contributed by atoms with Gasteiger partial charge in [-0.1, -0.05) is 0 Å². The van der Waals surface area contributed by atoms with E-state index in [0.29, 0.717) is 29.8 Å². The first kappa shape index (κ1) is 16.7. The largest absolute Gasteiger partial charge is 0.436 e. The van der Waals surface area contributed by atoms with E-state index in [9.17, 15) is 4.79 Å². The standard InChI is InChI=1S/C17H25N5O2/c1-11-16(24-12(2)20-11)17(23)18-10-13-6-5-9-21(3)15(13)14-7-8-19-22(14)4/h7-8,13,15H,5-6,9-10H2,1-4H3,(H,18,23)/t13-,15+/m0/s1. The van der Waals surface area contributed by atoms with E-state index < -0.39 is 0 Å². The van der Waals surface area contributed by atoms with Gasteiger partial charge in [0.05, 0.1) is 17.4 Å². The van der Waals surface area contributed by atoms with Crippen LogP contribution in [0.5, 0.6) is 0 Å². The second-order valence-corrected chi connectivity index (χ2v) is 6.56. The predicted molar refractivity (Wildman–Crippen MR) is 89.6 cm³/mol. The Balaban J connectivity index is 1.71. The Morgan fingerprint density at radius 3 is 2.83 bits per heavy atom. The second-order valence-electron chi connectivity index (χ2n) is 6.56. The van der Waals surface area contributed by atoms with Crippen molar-refractivity contribution in [3.8, 4) is 0 Å². The maximum Gasteiger partial charge on any atom is 0.289 e. The van der Waals surface area contributed by atoms with Gasteiger partial charge >= 0.3 is 0 Å². The van der Waals surface area contributed by atoms with E-state index in [1.54, 1.807) is 13.8 Å². The highest BCUT2D eigenvalue weighted by Crippen LogP contribution is 2.34. The summed E-state index contributed by atoms with van der Waals surface area (Å²) in [6, 6.07) is 2.31. The predicted octanol–water partition coefficient (Wildman–Crippen LogP) is 1.84. The Morgan fingerprint density at radius 1 is 1.42 bits per heavy atom. The van der Waals surface area contributed by atoms with Crippen molar-refractivity contribution in [2.24, 2.45) is 13.0 Å². The van der Waals surface area contributed by atoms with Crippen molar-refractivity contribution in [1.82, 2.24) is 25.0 Å². The molecule has 0 unspecified atom stereocenters. The van der Waals surface area contributed by atoms with Gasteiger partial charge in [0.1, 0.15) is 0 Å². The van der Waals surface area contributed by atoms with Gasteiger partial charge in [-0.2, -0.15) is 5.10 Å². The van der Waals surface area contributed by atoms with Crippen LogP contribution in [0, 0.1) is 19.8 Å². The summed E-state index contributed by atoms with van der Waals surface area (Å²) in [5.74, 6) is 0.981. The van der Waals surface area contributed by atoms with Crippen molar-refractivity contribution in [1.29, 1.82) is 0 Å². The van der Waals surface area contributed by atoms with Crippen LogP contribution < -0.4 is 5.32 Å². The zero-order valence-electron chi connectivity index (χ0n) is 14.7. The fraction of sp³-hybridized carbons (Fsp3) is 0.588. The Kier molecular flexibility index (Phi) is 4.71. The average molecular weight is 331 g/mol. The Hall–Kier alpha value is -2.15. The lowest BCUT2D eigenvalue weighted by molar-refractivity contribution is 0.0854. The van der Waals surface area contributed by atoms with Gasteiger partial charge in [-0.15, -0.1) is 0 Å². The summed E-state index contributed by atoms with van der Waals surface area (Å²) in [6.07, 6.45) is 4.04. The number of piperidine rings is 1. The van der Waals surface area contributed by atoms with Crippen molar-refractivity contribution in [2.45, 2.75) is 32.7 Å². The van der Waals surface area contributed by atoms with E-state index in [1.807, 2.05) is 17.9 Å². The van der Waals surface area contributed by atoms with Gasteiger partial charge in [-0.05, 0) is 45.3 Å². The Morgan fingerprint density at radius 2 is 2.21 bits per heavy atom. The molecule has 1 aliphatic rings. The zero-order valence-corrected chi connectivity index (χ0v) is 14.7. The number of likely N-dealkylation sites (tertiary alicyclic amines) is 1. The van der Waals surface area contributed by atoms with E-state index in [4.69, 9.17) is 4.42 Å². The summed E-state index contributed by atoms with van der Waals surface area (Å²) in [4.78, 5) is 18.9. The number of carbonyl (C=O) groups is 1. The van der Waals surface area contributed by atoms with Crippen molar-refractivity contribution in [3.05, 3.63) is 35.3 Å². The molecule has 0 aromatic carbocycles. The maximum atomic E-state index is 12.4. The molecule has 1 amide bonds. The number of hydrogen-bond acceptors (Lipinski definition) is 5. The molecule has 2 aromatic heterocycles. The third-order valence-electron chi connectivity index (χ3n) is 4.80. The van der Waals surface area contributed by atoms with E-state index in [-0.39, 0.29) is 11.9 Å². The Labute approximate surface area is 142 Å². The number of aryl methyl sites for hydroxylation is 3. The van der Waals surface area contributed by atoms with Crippen LogP contribution >= 0.6 is 0 Å². The molecule has 7 heteroatoms. The fourth-order valence-corrected chi connectivity index (χ4v) is 3.66. The van der Waals surface area contributed by atoms with E-state index in [0.717, 1.165) is 19.4 Å². The van der Waals surface area contributed by atoms with Gasteiger partial charge in [0.15, 0.2) is 5.89 Å². The zero-order chi connectivity index (χ0) is 17.3. The minimum absolute atomic E-state index is 0.190. The van der Waals surface area contributed by atoms with Crippen LogP contribution in [0.15, 0.2) is 16.7 Å². The molecule has 130 valence electrons. The number of nitrogens with zero attached hydrogens (tertiary/aromatic N) is 4. The molecule has 3 rings (SSSR count). The minimum Gasteiger partial charge on any atom is -0.436 e. The molecule has 1 aliphatic heterocycles. The third-order valence-corrected chi connectivity index (χ3v) is 4.80. The number of rotatable bonds is 4. The highest BCUT2D eigenvalue weighted by molar-refractivity contribution is 5.92. The maximum absolute atomic E-state index is 12.4. The van der Waals surface area contributed by atoms with Crippen molar-refractivity contribution in [3.63, 3.8) is 0 Å². The van der Waals surface area contributed by atoms with E-state index in [2.05, 4.69) is 33.4 Å². The molecule has 0 bridgehead atoms. The van der Waals surface area contributed by atoms with Gasteiger partial charge in [-0.3, -0.25) is 14.4 Å². The lowest BCUT2D eigenvalue weighted by atomic mass is 9.87. The molecule has 0 radical (unpaired) electrons. The first-order chi connectivity index (χ1) is 11.5. The average Bonchev–Trinajstić information content (AvgIpc) is 3.10. The van der Waals surface area contributed by atoms with Gasteiger partial charge in [0, 0.05) is 26.7 Å². The molecule has 0 spiro atoms. The summed E-state index contributed by atoms with van der Waals surface area (Å²) in [7, 11) is 4.10. The molecule has 24 heavy (non-hydrogen) atoms. The summed E-state index contributed by atoms with van der Waals surface area (Å²) in [6.45, 7) is 5.20. The molecule has 2 aromatic rings. The number of nitrogens with one attached hydrogen (secondary N) is 1. The lowest BCUT2D eigenvalue weighted by Crippen LogP contribution is -2.42. The van der Waals surface area contributed by atoms with Crippen LogP contribution in [0.2, 0.25) is 0 Å². The number of amides is 1. The molecule has 2 atom stereocenters. The van der Waals surface area contributed by atoms with Gasteiger partial charge < -0.3 is 9.73 Å². The first-order valence-corrected chi connectivity index (χ1v) is 8.37. The number of aromatic nitrogens is 3. The van der Waals surface area contributed by atoms with Crippen LogP contribution in [-0.4, -0.2) is 45.7 Å². The second kappa shape index (κ2) is 6.76. The molecule has 1 fully saturated rings. The van der Waals surface area contributed by atoms with Gasteiger partial charge in [0.2, 0.25) is 5.76 Å². The molecule has 3 heterocycles. The molecular weight excluding hydrogens is 306 g/mol. The summed E-state index contributed by atoms with van der Waals surface area (Å²) in [5.41, 5.74) is 1.82. The van der Waals surface area contributed by atoms with E-state index >= 15 is 0 Å². The fourth-order valence-electron chi connectivity index (χ4n) is 3.66. The van der Waals surface area contributed by atoms with Crippen LogP contribution in [0.3, 0.4) is 0 Å². The first-order valence-electron chi connectivity index (χ1n) is 8.37. The van der Waals surface area contributed by atoms with E-state index in [1.165, 1.54) is 5.69 Å². The van der Waals surface area contributed by atoms with Gasteiger partial charge in [-0.25, -0.2) is 4.98 Å². The van der Waals surface area contributed by atoms with Crippen LogP contribution in [-0.2, 0) is 7.05 Å². The molecule has 0 saturated carbocycles. The van der Waals surface area contributed by atoms with Crippen LogP contribution in [0.4, 0.5) is 0 Å². The summed E-state index contributed by atoms with van der Waals surface area (Å²) < 4.78 is 7.33. The molecule has 1 N–H and O–H groups in total. The molecular formula is C17H25N5O2. The van der Waals surface area contributed by atoms with Crippen LogP contribution in [0.25, 0.3) is 0 Å². The highest BCUT2D eigenvalue weighted by Gasteiger charge is 2.32. The summed E-state index contributed by atoms with van der Waals surface area (Å²) in [5, 5.41) is 7.32. The monoisotopic (exact) mass is 331 g/mol. The number of carbonyl (C=O) groups excluding carboxylic acids is 1. The molecule has 0 aliphatic carbocycles. The van der Waals surface area contributed by atoms with Gasteiger partial charge in [0.25, 0.3) is 5.91 Å². The normalized spacial score (nSPS) is 21.8. The van der Waals surface area contributed by atoms with Crippen molar-refractivity contribution < 1.29 is 9.21 Å². The highest BCUT2D eigenvalue weighted by atomic mass is 16.4. The number of oxazole rings is 1. The smallest absolute Gasteiger partial charge is 0.289 e. The van der Waals surface area contributed by atoms with Crippen molar-refractivity contribution in [2.75, 3.05) is 20.1 Å². The molecule has 7 nitrogen and oxygen atoms in total. The third kappa shape index (κ3) is 3.21. The number of hydrogen-bond donors (Lipinski definition) is 1.